The number of aromatic nitrogens is 3. The maximum Gasteiger partial charge on any atom is 0.222 e. The van der Waals surface area contributed by atoms with E-state index < -0.39 is 0 Å². The summed E-state index contributed by atoms with van der Waals surface area (Å²) in [6.45, 7) is 8.79. The molecule has 0 bridgehead atoms. The summed E-state index contributed by atoms with van der Waals surface area (Å²) in [5, 5.41) is 6.57. The summed E-state index contributed by atoms with van der Waals surface area (Å²) in [6.07, 6.45) is 1.17. The number of aryl methyl sites for hydroxylation is 4. The minimum absolute atomic E-state index is 0.156. The van der Waals surface area contributed by atoms with Crippen molar-refractivity contribution in [2.75, 3.05) is 7.05 Å². The number of carbonyl (C=O) groups excluding carboxylic acids is 1. The Kier molecular flexibility index (Phi) is 4.90. The molecule has 0 aromatic carbocycles. The van der Waals surface area contributed by atoms with Crippen molar-refractivity contribution in [2.24, 2.45) is 0 Å². The fraction of sp³-hybridized carbons (Fsp3) is 0.421. The van der Waals surface area contributed by atoms with Crippen molar-refractivity contribution in [3.63, 3.8) is 0 Å². The van der Waals surface area contributed by atoms with E-state index in [0.717, 1.165) is 28.3 Å². The van der Waals surface area contributed by atoms with Crippen LogP contribution >= 0.6 is 11.3 Å². The molecule has 0 saturated carbocycles. The van der Waals surface area contributed by atoms with Crippen LogP contribution in [0, 0.1) is 27.7 Å². The minimum atomic E-state index is 0.156. The third-order valence-electron chi connectivity index (χ3n) is 4.65. The molecule has 0 N–H and O–H groups in total. The van der Waals surface area contributed by atoms with Crippen LogP contribution in [0.2, 0.25) is 0 Å². The first-order valence-electron chi connectivity index (χ1n) is 8.46. The average Bonchev–Trinajstić information content (AvgIpc) is 3.12. The normalized spacial score (nSPS) is 11.2. The number of nitrogens with zero attached hydrogens (tertiary/aromatic N) is 4. The number of hydrogen-bond acceptors (Lipinski definition) is 4. The molecule has 0 unspecified atom stereocenters. The van der Waals surface area contributed by atoms with Crippen LogP contribution in [0.25, 0.3) is 5.65 Å². The Morgan fingerprint density at radius 1 is 1.28 bits per heavy atom. The van der Waals surface area contributed by atoms with E-state index in [1.807, 2.05) is 43.3 Å². The molecule has 3 aromatic heterocycles. The molecule has 0 radical (unpaired) electrons. The number of thiophene rings is 1. The van der Waals surface area contributed by atoms with Crippen molar-refractivity contribution in [2.45, 2.75) is 47.1 Å². The lowest BCUT2D eigenvalue weighted by atomic mass is 10.1. The van der Waals surface area contributed by atoms with Gasteiger partial charge in [-0.15, -0.1) is 11.3 Å². The van der Waals surface area contributed by atoms with E-state index in [9.17, 15) is 4.79 Å². The molecule has 3 rings (SSSR count). The van der Waals surface area contributed by atoms with Crippen molar-refractivity contribution in [3.05, 3.63) is 50.6 Å². The maximum atomic E-state index is 12.5. The van der Waals surface area contributed by atoms with E-state index in [4.69, 9.17) is 0 Å². The van der Waals surface area contributed by atoms with Gasteiger partial charge in [-0.2, -0.15) is 5.10 Å². The van der Waals surface area contributed by atoms with E-state index in [-0.39, 0.29) is 5.91 Å². The molecule has 3 heterocycles. The molecule has 0 fully saturated rings. The zero-order chi connectivity index (χ0) is 18.1. The summed E-state index contributed by atoms with van der Waals surface area (Å²) in [5.41, 5.74) is 6.24. The Morgan fingerprint density at radius 2 is 2.04 bits per heavy atom. The second-order valence-electron chi connectivity index (χ2n) is 6.59. The predicted molar refractivity (Wildman–Crippen MR) is 101 cm³/mol. The smallest absolute Gasteiger partial charge is 0.222 e. The Balaban J connectivity index is 1.71. The zero-order valence-corrected chi connectivity index (χ0v) is 16.3. The number of carbonyl (C=O) groups is 1. The Bertz CT molecular complexity index is 925. The summed E-state index contributed by atoms with van der Waals surface area (Å²) in [5.74, 6) is 0.156. The van der Waals surface area contributed by atoms with E-state index in [1.165, 1.54) is 10.4 Å². The highest BCUT2D eigenvalue weighted by atomic mass is 32.1. The maximum absolute atomic E-state index is 12.5. The number of fused-ring (bicyclic) bond motifs is 1. The van der Waals surface area contributed by atoms with Gasteiger partial charge in [-0.25, -0.2) is 9.50 Å². The molecule has 0 spiro atoms. The van der Waals surface area contributed by atoms with E-state index in [0.29, 0.717) is 19.4 Å². The molecule has 0 aliphatic carbocycles. The molecule has 132 valence electrons. The van der Waals surface area contributed by atoms with Crippen LogP contribution in [0.3, 0.4) is 0 Å². The van der Waals surface area contributed by atoms with Gasteiger partial charge in [-0.05, 0) is 56.7 Å². The first kappa shape index (κ1) is 17.6. The largest absolute Gasteiger partial charge is 0.341 e. The van der Waals surface area contributed by atoms with Crippen LogP contribution in [-0.2, 0) is 17.8 Å². The number of amides is 1. The van der Waals surface area contributed by atoms with Crippen molar-refractivity contribution < 1.29 is 4.79 Å². The lowest BCUT2D eigenvalue weighted by Gasteiger charge is -2.18. The van der Waals surface area contributed by atoms with Crippen LogP contribution in [0.15, 0.2) is 17.5 Å². The molecule has 3 aromatic rings. The molecule has 0 atom stereocenters. The molecule has 5 nitrogen and oxygen atoms in total. The van der Waals surface area contributed by atoms with Crippen molar-refractivity contribution in [1.82, 2.24) is 19.5 Å². The van der Waals surface area contributed by atoms with Crippen LogP contribution < -0.4 is 0 Å². The Labute approximate surface area is 152 Å². The first-order chi connectivity index (χ1) is 11.9. The third kappa shape index (κ3) is 3.58. The summed E-state index contributed by atoms with van der Waals surface area (Å²) in [4.78, 5) is 20.2. The fourth-order valence-corrected chi connectivity index (χ4v) is 4.05. The van der Waals surface area contributed by atoms with Crippen LogP contribution in [0.1, 0.15) is 39.5 Å². The van der Waals surface area contributed by atoms with Crippen LogP contribution in [0.4, 0.5) is 0 Å². The highest BCUT2D eigenvalue weighted by molar-refractivity contribution is 7.10. The fourth-order valence-electron chi connectivity index (χ4n) is 3.10. The van der Waals surface area contributed by atoms with E-state index in [2.05, 4.69) is 28.5 Å². The van der Waals surface area contributed by atoms with Crippen molar-refractivity contribution in [3.8, 4) is 0 Å². The van der Waals surface area contributed by atoms with Gasteiger partial charge >= 0.3 is 0 Å². The molecule has 0 aliphatic heterocycles. The van der Waals surface area contributed by atoms with Gasteiger partial charge in [0.1, 0.15) is 0 Å². The van der Waals surface area contributed by atoms with Gasteiger partial charge in [0.15, 0.2) is 5.65 Å². The second kappa shape index (κ2) is 6.96. The summed E-state index contributed by atoms with van der Waals surface area (Å²) >= 11 is 1.70. The topological polar surface area (TPSA) is 50.5 Å². The zero-order valence-electron chi connectivity index (χ0n) is 15.5. The van der Waals surface area contributed by atoms with Gasteiger partial charge in [0.25, 0.3) is 0 Å². The molecule has 6 heteroatoms. The van der Waals surface area contributed by atoms with Gasteiger partial charge in [0.2, 0.25) is 5.91 Å². The van der Waals surface area contributed by atoms with E-state index in [1.54, 1.807) is 11.3 Å². The van der Waals surface area contributed by atoms with Crippen molar-refractivity contribution in [1.29, 1.82) is 0 Å². The molecular formula is C19H24N4OS. The van der Waals surface area contributed by atoms with Gasteiger partial charge in [-0.1, -0.05) is 0 Å². The monoisotopic (exact) mass is 356 g/mol. The van der Waals surface area contributed by atoms with Crippen LogP contribution in [0.5, 0.6) is 0 Å². The molecular weight excluding hydrogens is 332 g/mol. The Morgan fingerprint density at radius 3 is 2.72 bits per heavy atom. The third-order valence-corrected chi connectivity index (χ3v) is 5.66. The van der Waals surface area contributed by atoms with Gasteiger partial charge in [0, 0.05) is 35.8 Å². The lowest BCUT2D eigenvalue weighted by molar-refractivity contribution is -0.130. The SMILES string of the molecule is Cc1cc2nc(C)c(CCC(=O)N(C)Cc3sccc3C)c(C)n2n1. The van der Waals surface area contributed by atoms with Gasteiger partial charge in [0.05, 0.1) is 12.2 Å². The van der Waals surface area contributed by atoms with E-state index >= 15 is 0 Å². The molecule has 0 saturated heterocycles. The van der Waals surface area contributed by atoms with Gasteiger partial charge in [-0.3, -0.25) is 4.79 Å². The second-order valence-corrected chi connectivity index (χ2v) is 7.59. The van der Waals surface area contributed by atoms with Crippen molar-refractivity contribution >= 4 is 22.9 Å². The number of rotatable bonds is 5. The number of hydrogen-bond donors (Lipinski definition) is 0. The summed E-state index contributed by atoms with van der Waals surface area (Å²) in [7, 11) is 1.87. The molecule has 25 heavy (non-hydrogen) atoms. The standard InChI is InChI=1S/C19H24N4OS/c1-12-8-9-25-17(12)11-22(5)19(24)7-6-16-14(3)20-18-10-13(2)21-23(18)15(16)4/h8-10H,6-7,11H2,1-5H3. The highest BCUT2D eigenvalue weighted by Crippen LogP contribution is 2.19. The quantitative estimate of drug-likeness (QED) is 0.702. The molecule has 0 aliphatic rings. The average molecular weight is 356 g/mol. The Hall–Kier alpha value is -2.21. The lowest BCUT2D eigenvalue weighted by Crippen LogP contribution is -2.26. The minimum Gasteiger partial charge on any atom is -0.341 e. The van der Waals surface area contributed by atoms with Gasteiger partial charge < -0.3 is 4.90 Å². The summed E-state index contributed by atoms with van der Waals surface area (Å²) < 4.78 is 1.88. The summed E-state index contributed by atoms with van der Waals surface area (Å²) in [6, 6.07) is 4.07. The first-order valence-corrected chi connectivity index (χ1v) is 9.34. The predicted octanol–water partition coefficient (Wildman–Crippen LogP) is 3.62. The highest BCUT2D eigenvalue weighted by Gasteiger charge is 2.15. The van der Waals surface area contributed by atoms with Crippen LogP contribution in [-0.4, -0.2) is 32.5 Å². The molecule has 1 amide bonds.